The van der Waals surface area contributed by atoms with E-state index >= 15 is 0 Å². The molecule has 0 radical (unpaired) electrons. The van der Waals surface area contributed by atoms with Crippen LogP contribution < -0.4 is 20.7 Å². The summed E-state index contributed by atoms with van der Waals surface area (Å²) in [5, 5.41) is 21.9. The lowest BCUT2D eigenvalue weighted by atomic mass is 10.0. The minimum Gasteiger partial charge on any atom is -0.491 e. The summed E-state index contributed by atoms with van der Waals surface area (Å²) < 4.78 is 31.2. The Labute approximate surface area is 542 Å². The van der Waals surface area contributed by atoms with Gasteiger partial charge in [-0.05, 0) is 54.3 Å². The van der Waals surface area contributed by atoms with Crippen molar-refractivity contribution in [2.45, 2.75) is 71.4 Å². The van der Waals surface area contributed by atoms with Crippen molar-refractivity contribution >= 4 is 73.9 Å². The van der Waals surface area contributed by atoms with Gasteiger partial charge in [-0.1, -0.05) is 74.5 Å². The average Bonchev–Trinajstić information content (AvgIpc) is 1.66. The number of likely N-dealkylation sites (tertiary alicyclic amines) is 1. The first-order valence-corrected chi connectivity index (χ1v) is 33.0. The van der Waals surface area contributed by atoms with Crippen LogP contribution >= 0.6 is 22.7 Å². The molecule has 3 aliphatic rings. The quantitative estimate of drug-likeness (QED) is 0.0329. The fraction of sp³-hybridized carbons (Fsp3) is 0.418. The fourth-order valence-electron chi connectivity index (χ4n) is 11.7. The van der Waals surface area contributed by atoms with Crippen molar-refractivity contribution in [3.8, 4) is 27.4 Å². The number of benzene rings is 4. The minimum absolute atomic E-state index is 0.00518. The van der Waals surface area contributed by atoms with Crippen molar-refractivity contribution in [3.63, 3.8) is 0 Å². The summed E-state index contributed by atoms with van der Waals surface area (Å²) >= 11 is 3.11. The number of rotatable bonds is 31. The third-order valence-electron chi connectivity index (χ3n) is 16.6. The number of nitrogens with one attached hydrogen (secondary N) is 3. The summed E-state index contributed by atoms with van der Waals surface area (Å²) in [4.78, 5) is 95.6. The molecule has 92 heavy (non-hydrogen) atoms. The Hall–Kier alpha value is -8.11. The smallest absolute Gasteiger partial charge is 0.275 e. The second-order valence-corrected chi connectivity index (χ2v) is 24.9. The van der Waals surface area contributed by atoms with Crippen LogP contribution in [0.5, 0.6) is 5.75 Å². The molecular weight excluding hydrogens is 1210 g/mol. The van der Waals surface area contributed by atoms with Crippen molar-refractivity contribution < 1.29 is 52.8 Å². The van der Waals surface area contributed by atoms with Crippen molar-refractivity contribution in [3.05, 3.63) is 148 Å². The van der Waals surface area contributed by atoms with Crippen molar-refractivity contribution in [1.82, 2.24) is 54.6 Å². The maximum Gasteiger partial charge on any atom is 0.275 e. The molecule has 25 heteroatoms. The standard InChI is InChI=1S/C67H78N12O11S2/c1-44(2)61(79-38-48-10-4-5-11-51(48)65(79)84)66(85)78-40-50(80)35-58(78)64(83)70-36-47-17-16-46(62-45(3)71-43-92-62)34-59(47)90-33-32-89-31-30-88-29-28-87-27-26-86-25-19-68-60(81)18-20-75-21-23-76(24-22-75)39-49-42-91-67-74-57(41-77(49)67)52-12-6-7-13-53(52)73-63(82)56-37-69-54-14-8-9-15-55(54)72-56/h4-17,34,37,41-44,50,58,61,80H,18-33,35-36,38-40H2,1-3H3,(H,68,81)(H,70,83)(H,73,82)/t50-,58+,61+/m1/s1. The monoisotopic (exact) mass is 1290 g/mol. The molecule has 4 aromatic heterocycles. The first-order chi connectivity index (χ1) is 44.8. The Balaban J connectivity index is 0.523. The van der Waals surface area contributed by atoms with Gasteiger partial charge in [0.15, 0.2) is 4.96 Å². The highest BCUT2D eigenvalue weighted by molar-refractivity contribution is 7.15. The number of imidazole rings is 1. The predicted octanol–water partition coefficient (Wildman–Crippen LogP) is 6.72. The summed E-state index contributed by atoms with van der Waals surface area (Å²) in [5.41, 5.74) is 10.7. The average molecular weight is 1290 g/mol. The molecule has 0 bridgehead atoms. The van der Waals surface area contributed by atoms with E-state index in [1.807, 2.05) is 106 Å². The summed E-state index contributed by atoms with van der Waals surface area (Å²) in [6.07, 6.45) is 3.13. The Morgan fingerprint density at radius 3 is 2.20 bits per heavy atom. The van der Waals surface area contributed by atoms with Gasteiger partial charge in [-0.3, -0.25) is 38.3 Å². The number of carbonyl (C=O) groups excluding carboxylic acids is 5. The van der Waals surface area contributed by atoms with Gasteiger partial charge in [0.2, 0.25) is 17.7 Å². The van der Waals surface area contributed by atoms with Crippen molar-refractivity contribution in [2.75, 3.05) is 111 Å². The maximum absolute atomic E-state index is 14.3. The normalized spacial score (nSPS) is 16.4. The summed E-state index contributed by atoms with van der Waals surface area (Å²) in [6, 6.07) is 26.5. The molecule has 23 nitrogen and oxygen atoms in total. The first kappa shape index (κ1) is 65.4. The lowest BCUT2D eigenvalue weighted by molar-refractivity contribution is -0.143. The molecule has 4 aromatic carbocycles. The van der Waals surface area contributed by atoms with E-state index in [1.165, 1.54) is 22.4 Å². The molecule has 0 saturated carbocycles. The number of para-hydroxylation sites is 3. The summed E-state index contributed by atoms with van der Waals surface area (Å²) in [5.74, 6) is -1.01. The zero-order valence-corrected chi connectivity index (χ0v) is 53.6. The van der Waals surface area contributed by atoms with Crippen LogP contribution in [0.1, 0.15) is 70.1 Å². The third-order valence-corrected chi connectivity index (χ3v) is 18.4. The number of amides is 5. The van der Waals surface area contributed by atoms with Gasteiger partial charge in [-0.25, -0.2) is 15.0 Å². The Morgan fingerprint density at radius 2 is 1.46 bits per heavy atom. The van der Waals surface area contributed by atoms with Gasteiger partial charge >= 0.3 is 0 Å². The molecule has 0 aliphatic carbocycles. The van der Waals surface area contributed by atoms with E-state index in [9.17, 15) is 29.1 Å². The SMILES string of the molecule is Cc1ncsc1-c1ccc(CNC(=O)[C@@H]2C[C@@H](O)CN2C(=O)[C@H](C(C)C)N2Cc3ccccc3C2=O)c(OCCOCCOCCOCCOCCNC(=O)CCN2CCN(Cc3csc4nc(-c5ccccc5NC(=O)c5cnc6ccccc6n5)cn34)CC2)c1. The number of hydrogen-bond donors (Lipinski definition) is 4. The number of nitrogens with zero attached hydrogens (tertiary/aromatic N) is 9. The van der Waals surface area contributed by atoms with Crippen molar-refractivity contribution in [1.29, 1.82) is 0 Å². The summed E-state index contributed by atoms with van der Waals surface area (Å²) in [7, 11) is 0. The number of aliphatic hydroxyl groups is 1. The van der Waals surface area contributed by atoms with Gasteiger partial charge in [0.05, 0.1) is 104 Å². The number of carbonyl (C=O) groups is 5. The topological polar surface area (TPSA) is 257 Å². The van der Waals surface area contributed by atoms with Crippen LogP contribution in [-0.2, 0) is 53.0 Å². The van der Waals surface area contributed by atoms with Gasteiger partial charge in [-0.15, -0.1) is 22.7 Å². The van der Waals surface area contributed by atoms with Gasteiger partial charge in [-0.2, -0.15) is 0 Å². The second kappa shape index (κ2) is 31.5. The molecule has 3 atom stereocenters. The first-order valence-electron chi connectivity index (χ1n) is 31.3. The molecule has 4 N–H and O–H groups in total. The molecule has 484 valence electrons. The number of β-amino-alcohol motifs (C(OH)–C–C–N with tert-alkyl or cyclic N) is 1. The largest absolute Gasteiger partial charge is 0.491 e. The van der Waals surface area contributed by atoms with Crippen LogP contribution in [0.2, 0.25) is 0 Å². The van der Waals surface area contributed by atoms with E-state index in [-0.39, 0.29) is 68.0 Å². The van der Waals surface area contributed by atoms with Gasteiger partial charge in [0.25, 0.3) is 11.8 Å². The molecule has 2 saturated heterocycles. The molecule has 2 fully saturated rings. The van der Waals surface area contributed by atoms with Gasteiger partial charge < -0.3 is 59.4 Å². The molecule has 3 aliphatic heterocycles. The van der Waals surface area contributed by atoms with E-state index in [1.54, 1.807) is 33.9 Å². The highest BCUT2D eigenvalue weighted by atomic mass is 32.1. The molecular formula is C67H78N12O11S2. The second-order valence-electron chi connectivity index (χ2n) is 23.2. The van der Waals surface area contributed by atoms with E-state index in [2.05, 4.69) is 50.5 Å². The van der Waals surface area contributed by atoms with E-state index in [0.29, 0.717) is 94.8 Å². The Morgan fingerprint density at radius 1 is 0.761 bits per heavy atom. The number of fused-ring (bicyclic) bond motifs is 3. The number of aromatic nitrogens is 5. The van der Waals surface area contributed by atoms with E-state index < -0.39 is 24.1 Å². The van der Waals surface area contributed by atoms with Crippen molar-refractivity contribution in [2.24, 2.45) is 5.92 Å². The van der Waals surface area contributed by atoms with E-state index in [4.69, 9.17) is 28.7 Å². The van der Waals surface area contributed by atoms with E-state index in [0.717, 1.165) is 87.4 Å². The Bertz CT molecular complexity index is 3850. The minimum atomic E-state index is -0.921. The number of hydrogen-bond acceptors (Lipinski definition) is 19. The molecule has 11 rings (SSSR count). The summed E-state index contributed by atoms with van der Waals surface area (Å²) in [6.45, 7) is 14.7. The number of ether oxygens (including phenoxy) is 5. The molecule has 8 aromatic rings. The van der Waals surface area contributed by atoms with Crippen LogP contribution in [0.25, 0.3) is 37.7 Å². The lowest BCUT2D eigenvalue weighted by Crippen LogP contribution is -2.55. The zero-order valence-electron chi connectivity index (χ0n) is 52.0. The van der Waals surface area contributed by atoms with Crippen LogP contribution in [0.15, 0.2) is 114 Å². The highest BCUT2D eigenvalue weighted by Gasteiger charge is 2.46. The zero-order chi connectivity index (χ0) is 63.9. The number of anilines is 1. The van der Waals surface area contributed by atoms with Crippen LogP contribution in [-0.4, -0.2) is 202 Å². The maximum atomic E-state index is 14.3. The third kappa shape index (κ3) is 16.4. The number of aryl methyl sites for hydroxylation is 1. The number of aliphatic hydroxyl groups excluding tert-OH is 1. The highest BCUT2D eigenvalue weighted by Crippen LogP contribution is 2.35. The predicted molar refractivity (Wildman–Crippen MR) is 349 cm³/mol. The van der Waals surface area contributed by atoms with Gasteiger partial charge in [0, 0.05) is 112 Å². The molecule has 7 heterocycles. The lowest BCUT2D eigenvalue weighted by Gasteiger charge is -2.35. The fourth-order valence-corrected chi connectivity index (χ4v) is 13.4. The molecule has 5 amide bonds. The Kier molecular flexibility index (Phi) is 22.4. The molecule has 0 spiro atoms. The van der Waals surface area contributed by atoms with Crippen LogP contribution in [0.4, 0.5) is 5.69 Å². The van der Waals surface area contributed by atoms with Crippen LogP contribution in [0.3, 0.4) is 0 Å². The number of piperazine rings is 1. The number of thiazole rings is 2. The van der Waals surface area contributed by atoms with Crippen LogP contribution in [0, 0.1) is 12.8 Å². The van der Waals surface area contributed by atoms with Gasteiger partial charge in [0.1, 0.15) is 30.1 Å². The molecule has 0 unspecified atom stereocenters.